The van der Waals surface area contributed by atoms with E-state index >= 15 is 0 Å². The molecule has 0 spiro atoms. The van der Waals surface area contributed by atoms with Crippen LogP contribution in [-0.2, 0) is 13.1 Å². The minimum absolute atomic E-state index is 0.472. The van der Waals surface area contributed by atoms with E-state index in [0.29, 0.717) is 6.54 Å². The fraction of sp³-hybridized carbons (Fsp3) is 0.273. The van der Waals surface area contributed by atoms with Crippen molar-refractivity contribution in [2.24, 2.45) is 0 Å². The van der Waals surface area contributed by atoms with Crippen molar-refractivity contribution < 1.29 is 4.39 Å². The van der Waals surface area contributed by atoms with E-state index in [1.54, 1.807) is 12.3 Å². The lowest BCUT2D eigenvalue weighted by atomic mass is 10.4. The Morgan fingerprint density at radius 2 is 2.25 bits per heavy atom. The van der Waals surface area contributed by atoms with Crippen LogP contribution in [-0.4, -0.2) is 14.5 Å². The van der Waals surface area contributed by atoms with Gasteiger partial charge in [-0.05, 0) is 19.1 Å². The fourth-order valence-electron chi connectivity index (χ4n) is 1.46. The summed E-state index contributed by atoms with van der Waals surface area (Å²) in [5.41, 5.74) is 0.784. The van der Waals surface area contributed by atoms with Crippen molar-refractivity contribution in [3.8, 4) is 0 Å². The Morgan fingerprint density at radius 1 is 1.38 bits per heavy atom. The van der Waals surface area contributed by atoms with Gasteiger partial charge in [0.15, 0.2) is 0 Å². The number of rotatable bonds is 4. The number of halogens is 1. The molecule has 2 aromatic heterocycles. The average Bonchev–Trinajstić information content (AvgIpc) is 2.76. The summed E-state index contributed by atoms with van der Waals surface area (Å²) in [4.78, 5) is 7.79. The second kappa shape index (κ2) is 4.74. The molecule has 0 radical (unpaired) electrons. The Bertz CT molecular complexity index is 449. The van der Waals surface area contributed by atoms with E-state index < -0.39 is 5.95 Å². The molecule has 0 bridgehead atoms. The Balaban J connectivity index is 1.99. The van der Waals surface area contributed by atoms with Crippen LogP contribution in [0.25, 0.3) is 0 Å². The van der Waals surface area contributed by atoms with E-state index in [1.165, 1.54) is 12.3 Å². The zero-order chi connectivity index (χ0) is 11.4. The maximum Gasteiger partial charge on any atom is 0.212 e. The molecule has 0 unspecified atom stereocenters. The third kappa shape index (κ3) is 2.36. The normalized spacial score (nSPS) is 10.4. The first-order valence-corrected chi connectivity index (χ1v) is 5.15. The van der Waals surface area contributed by atoms with Gasteiger partial charge in [0.05, 0.1) is 18.4 Å². The molecule has 0 saturated carbocycles. The fourth-order valence-corrected chi connectivity index (χ4v) is 1.46. The number of nitrogens with one attached hydrogen (secondary N) is 1. The lowest BCUT2D eigenvalue weighted by Crippen LogP contribution is -2.07. The minimum Gasteiger partial charge on any atom is -0.377 e. The van der Waals surface area contributed by atoms with Gasteiger partial charge in [-0.25, -0.2) is 9.97 Å². The SMILES string of the molecule is CCn1ccnc1CNc1ccc(F)nc1. The minimum atomic E-state index is -0.472. The number of pyridine rings is 1. The van der Waals surface area contributed by atoms with Gasteiger partial charge >= 0.3 is 0 Å². The van der Waals surface area contributed by atoms with Crippen molar-refractivity contribution >= 4 is 5.69 Å². The number of nitrogens with zero attached hydrogens (tertiary/aromatic N) is 3. The molecule has 16 heavy (non-hydrogen) atoms. The predicted octanol–water partition coefficient (Wildman–Crippen LogP) is 2.05. The zero-order valence-corrected chi connectivity index (χ0v) is 9.02. The average molecular weight is 220 g/mol. The summed E-state index contributed by atoms with van der Waals surface area (Å²) < 4.78 is 14.6. The number of hydrogen-bond acceptors (Lipinski definition) is 3. The van der Waals surface area contributed by atoms with Crippen molar-refractivity contribution in [1.82, 2.24) is 14.5 Å². The van der Waals surface area contributed by atoms with Crippen LogP contribution in [0.15, 0.2) is 30.7 Å². The third-order valence-electron chi connectivity index (χ3n) is 2.32. The molecule has 5 heteroatoms. The van der Waals surface area contributed by atoms with E-state index in [9.17, 15) is 4.39 Å². The molecule has 0 aromatic carbocycles. The van der Waals surface area contributed by atoms with E-state index in [4.69, 9.17) is 0 Å². The van der Waals surface area contributed by atoms with Crippen LogP contribution in [0.3, 0.4) is 0 Å². The Hall–Kier alpha value is -1.91. The highest BCUT2D eigenvalue weighted by molar-refractivity contribution is 5.39. The van der Waals surface area contributed by atoms with E-state index in [1.807, 2.05) is 10.8 Å². The topological polar surface area (TPSA) is 42.7 Å². The predicted molar refractivity (Wildman–Crippen MR) is 59.4 cm³/mol. The number of aromatic nitrogens is 3. The molecule has 0 atom stereocenters. The van der Waals surface area contributed by atoms with Gasteiger partial charge in [-0.15, -0.1) is 0 Å². The number of hydrogen-bond donors (Lipinski definition) is 1. The van der Waals surface area contributed by atoms with Gasteiger partial charge in [-0.1, -0.05) is 0 Å². The summed E-state index contributed by atoms with van der Waals surface area (Å²) in [6.07, 6.45) is 5.16. The first kappa shape index (κ1) is 10.6. The van der Waals surface area contributed by atoms with Gasteiger partial charge in [0.2, 0.25) is 5.95 Å². The van der Waals surface area contributed by atoms with Crippen LogP contribution in [0.2, 0.25) is 0 Å². The van der Waals surface area contributed by atoms with Crippen molar-refractivity contribution in [2.75, 3.05) is 5.32 Å². The second-order valence-electron chi connectivity index (χ2n) is 3.35. The number of imidazole rings is 1. The molecule has 84 valence electrons. The van der Waals surface area contributed by atoms with Crippen LogP contribution in [0.4, 0.5) is 10.1 Å². The summed E-state index contributed by atoms with van der Waals surface area (Å²) in [6, 6.07) is 2.98. The monoisotopic (exact) mass is 220 g/mol. The molecule has 2 aromatic rings. The molecule has 0 aliphatic heterocycles. The number of anilines is 1. The maximum absolute atomic E-state index is 12.6. The molecule has 2 rings (SSSR count). The zero-order valence-electron chi connectivity index (χ0n) is 9.02. The number of aryl methyl sites for hydroxylation is 1. The first-order valence-electron chi connectivity index (χ1n) is 5.15. The molecule has 1 N–H and O–H groups in total. The van der Waals surface area contributed by atoms with E-state index in [-0.39, 0.29) is 0 Å². The van der Waals surface area contributed by atoms with Crippen LogP contribution < -0.4 is 5.32 Å². The molecule has 4 nitrogen and oxygen atoms in total. The molecular formula is C11H13FN4. The van der Waals surface area contributed by atoms with Crippen LogP contribution in [0, 0.1) is 5.95 Å². The maximum atomic E-state index is 12.6. The molecule has 0 fully saturated rings. The van der Waals surface area contributed by atoms with Crippen molar-refractivity contribution in [2.45, 2.75) is 20.0 Å². The van der Waals surface area contributed by atoms with Gasteiger partial charge in [-0.2, -0.15) is 4.39 Å². The highest BCUT2D eigenvalue weighted by Crippen LogP contribution is 2.07. The second-order valence-corrected chi connectivity index (χ2v) is 3.35. The van der Waals surface area contributed by atoms with Crippen molar-refractivity contribution in [1.29, 1.82) is 0 Å². The lowest BCUT2D eigenvalue weighted by molar-refractivity contribution is 0.584. The van der Waals surface area contributed by atoms with Gasteiger partial charge in [-0.3, -0.25) is 0 Å². The van der Waals surface area contributed by atoms with Crippen LogP contribution in [0.1, 0.15) is 12.7 Å². The molecule has 0 saturated heterocycles. The largest absolute Gasteiger partial charge is 0.377 e. The van der Waals surface area contributed by atoms with Gasteiger partial charge in [0.1, 0.15) is 5.82 Å². The molecule has 0 aliphatic rings. The van der Waals surface area contributed by atoms with E-state index in [0.717, 1.165) is 18.1 Å². The van der Waals surface area contributed by atoms with Gasteiger partial charge in [0.25, 0.3) is 0 Å². The summed E-state index contributed by atoms with van der Waals surface area (Å²) >= 11 is 0. The van der Waals surface area contributed by atoms with Crippen molar-refractivity contribution in [3.05, 3.63) is 42.5 Å². The Labute approximate surface area is 93.2 Å². The standard InChI is InChI=1S/C11H13FN4/c1-2-16-6-5-13-11(16)8-14-9-3-4-10(12)15-7-9/h3-7,14H,2,8H2,1H3. The van der Waals surface area contributed by atoms with E-state index in [2.05, 4.69) is 22.2 Å². The quantitative estimate of drug-likeness (QED) is 0.802. The molecule has 2 heterocycles. The summed E-state index contributed by atoms with van der Waals surface area (Å²) in [6.45, 7) is 3.55. The smallest absolute Gasteiger partial charge is 0.212 e. The summed E-state index contributed by atoms with van der Waals surface area (Å²) in [5, 5.41) is 3.14. The Kier molecular flexibility index (Phi) is 3.14. The van der Waals surface area contributed by atoms with Gasteiger partial charge in [0, 0.05) is 18.9 Å². The van der Waals surface area contributed by atoms with Gasteiger partial charge < -0.3 is 9.88 Å². The van der Waals surface area contributed by atoms with Crippen LogP contribution in [0.5, 0.6) is 0 Å². The first-order chi connectivity index (χ1) is 7.79. The highest BCUT2D eigenvalue weighted by atomic mass is 19.1. The molecule has 0 aliphatic carbocycles. The summed E-state index contributed by atoms with van der Waals surface area (Å²) in [7, 11) is 0. The Morgan fingerprint density at radius 3 is 2.94 bits per heavy atom. The lowest BCUT2D eigenvalue weighted by Gasteiger charge is -2.07. The molecular weight excluding hydrogens is 207 g/mol. The third-order valence-corrected chi connectivity index (χ3v) is 2.32. The molecule has 0 amide bonds. The van der Waals surface area contributed by atoms with Crippen LogP contribution >= 0.6 is 0 Å². The highest BCUT2D eigenvalue weighted by Gasteiger charge is 2.00. The summed E-state index contributed by atoms with van der Waals surface area (Å²) in [5.74, 6) is 0.479. The van der Waals surface area contributed by atoms with Crippen molar-refractivity contribution in [3.63, 3.8) is 0 Å².